The van der Waals surface area contributed by atoms with Gasteiger partial charge in [0.05, 0.1) is 11.4 Å². The predicted molar refractivity (Wildman–Crippen MR) is 69.3 cm³/mol. The lowest BCUT2D eigenvalue weighted by atomic mass is 10.1. The van der Waals surface area contributed by atoms with Gasteiger partial charge in [0.15, 0.2) is 24.5 Å². The number of nitrogens with zero attached hydrogens (tertiary/aromatic N) is 1. The fourth-order valence-corrected chi connectivity index (χ4v) is 2.13. The Morgan fingerprint density at radius 1 is 1.26 bits per heavy atom. The summed E-state index contributed by atoms with van der Waals surface area (Å²) in [7, 11) is 0. The predicted octanol–water partition coefficient (Wildman–Crippen LogP) is 2.76. The highest BCUT2D eigenvalue weighted by Gasteiger charge is 2.15. The Morgan fingerprint density at radius 3 is 2.84 bits per heavy atom. The van der Waals surface area contributed by atoms with Gasteiger partial charge in [-0.2, -0.15) is 0 Å². The second-order valence-corrected chi connectivity index (χ2v) is 4.22. The Morgan fingerprint density at radius 2 is 2.11 bits per heavy atom. The number of aromatic amines is 1. The Labute approximate surface area is 108 Å². The molecule has 0 saturated carbocycles. The third kappa shape index (κ3) is 1.67. The zero-order chi connectivity index (χ0) is 13.4. The normalized spacial score (nSPS) is 10.8. The fourth-order valence-electron chi connectivity index (χ4n) is 2.13. The average Bonchev–Trinajstić information content (AvgIpc) is 3.01. The van der Waals surface area contributed by atoms with Crippen molar-refractivity contribution in [2.75, 3.05) is 0 Å². The quantitative estimate of drug-likeness (QED) is 0.729. The van der Waals surface area contributed by atoms with E-state index in [1.54, 1.807) is 19.1 Å². The molecule has 5 heteroatoms. The molecule has 0 unspecified atom stereocenters. The van der Waals surface area contributed by atoms with E-state index in [0.29, 0.717) is 34.4 Å². The van der Waals surface area contributed by atoms with Crippen LogP contribution < -0.4 is 0 Å². The molecule has 19 heavy (non-hydrogen) atoms. The zero-order valence-corrected chi connectivity index (χ0v) is 10.1. The van der Waals surface area contributed by atoms with E-state index < -0.39 is 0 Å². The van der Waals surface area contributed by atoms with Crippen molar-refractivity contribution >= 4 is 23.7 Å². The lowest BCUT2D eigenvalue weighted by molar-refractivity contribution is 0.111. The van der Waals surface area contributed by atoms with Gasteiger partial charge in [-0.25, -0.2) is 4.98 Å². The van der Waals surface area contributed by atoms with Crippen molar-refractivity contribution in [2.45, 2.75) is 6.92 Å². The topological polar surface area (TPSA) is 76.0 Å². The fraction of sp³-hybridized carbons (Fsp3) is 0.0714. The molecule has 3 aromatic rings. The van der Waals surface area contributed by atoms with E-state index in [1.807, 2.05) is 6.07 Å². The molecule has 0 saturated heterocycles. The SMILES string of the molecule is Cc1c(C=O)[nH]c(-c2ccc3ncoc3c2)c1C=O. The van der Waals surface area contributed by atoms with E-state index in [1.165, 1.54) is 6.39 Å². The van der Waals surface area contributed by atoms with Gasteiger partial charge in [0.2, 0.25) is 0 Å². The highest BCUT2D eigenvalue weighted by atomic mass is 16.3. The number of carbonyl (C=O) groups excluding carboxylic acids is 2. The molecule has 3 rings (SSSR count). The lowest BCUT2D eigenvalue weighted by Crippen LogP contribution is -1.86. The molecule has 94 valence electrons. The summed E-state index contributed by atoms with van der Waals surface area (Å²) in [5, 5.41) is 0. The summed E-state index contributed by atoms with van der Waals surface area (Å²) < 4.78 is 5.23. The largest absolute Gasteiger partial charge is 0.443 e. The molecule has 0 fully saturated rings. The second-order valence-electron chi connectivity index (χ2n) is 4.22. The van der Waals surface area contributed by atoms with Gasteiger partial charge >= 0.3 is 0 Å². The molecule has 5 nitrogen and oxygen atoms in total. The number of carbonyl (C=O) groups is 2. The standard InChI is InChI=1S/C14H10N2O3/c1-8-10(5-17)14(16-12(8)6-18)9-2-3-11-13(4-9)19-7-15-11/h2-7,16H,1H3. The van der Waals surface area contributed by atoms with E-state index in [0.717, 1.165) is 17.4 Å². The summed E-state index contributed by atoms with van der Waals surface area (Å²) in [5.41, 5.74) is 4.33. The van der Waals surface area contributed by atoms with Crippen LogP contribution in [0.15, 0.2) is 29.0 Å². The first-order chi connectivity index (χ1) is 9.24. The van der Waals surface area contributed by atoms with E-state index in [9.17, 15) is 9.59 Å². The van der Waals surface area contributed by atoms with Crippen LogP contribution in [0.1, 0.15) is 26.4 Å². The molecule has 2 aromatic heterocycles. The maximum atomic E-state index is 11.2. The van der Waals surface area contributed by atoms with Crippen LogP contribution in [0, 0.1) is 6.92 Å². The first-order valence-corrected chi connectivity index (χ1v) is 5.71. The minimum atomic E-state index is 0.412. The minimum absolute atomic E-state index is 0.412. The molecule has 0 aliphatic heterocycles. The van der Waals surface area contributed by atoms with Gasteiger partial charge in [-0.05, 0) is 24.6 Å². The van der Waals surface area contributed by atoms with Gasteiger partial charge in [0, 0.05) is 11.1 Å². The van der Waals surface area contributed by atoms with Crippen molar-refractivity contribution in [1.82, 2.24) is 9.97 Å². The highest BCUT2D eigenvalue weighted by molar-refractivity contribution is 5.94. The number of hydrogen-bond donors (Lipinski definition) is 1. The van der Waals surface area contributed by atoms with Crippen molar-refractivity contribution in [3.8, 4) is 11.3 Å². The maximum absolute atomic E-state index is 11.2. The number of aromatic nitrogens is 2. The minimum Gasteiger partial charge on any atom is -0.443 e. The molecule has 1 aromatic carbocycles. The van der Waals surface area contributed by atoms with Crippen molar-refractivity contribution < 1.29 is 14.0 Å². The van der Waals surface area contributed by atoms with Crippen molar-refractivity contribution in [1.29, 1.82) is 0 Å². The van der Waals surface area contributed by atoms with E-state index in [2.05, 4.69) is 9.97 Å². The second kappa shape index (κ2) is 4.20. The summed E-state index contributed by atoms with van der Waals surface area (Å²) in [6.45, 7) is 1.74. The number of aldehydes is 2. The molecular formula is C14H10N2O3. The van der Waals surface area contributed by atoms with Gasteiger partial charge < -0.3 is 9.40 Å². The van der Waals surface area contributed by atoms with Gasteiger partial charge in [0.1, 0.15) is 5.52 Å². The maximum Gasteiger partial charge on any atom is 0.181 e. The van der Waals surface area contributed by atoms with Crippen LogP contribution in [-0.2, 0) is 0 Å². The summed E-state index contributed by atoms with van der Waals surface area (Å²) in [6.07, 6.45) is 2.82. The number of nitrogens with one attached hydrogen (secondary N) is 1. The Hall–Kier alpha value is -2.69. The van der Waals surface area contributed by atoms with Crippen LogP contribution in [0.5, 0.6) is 0 Å². The van der Waals surface area contributed by atoms with Crippen molar-refractivity contribution in [2.24, 2.45) is 0 Å². The summed E-state index contributed by atoms with van der Waals surface area (Å²) in [5.74, 6) is 0. The smallest absolute Gasteiger partial charge is 0.181 e. The Kier molecular flexibility index (Phi) is 2.52. The van der Waals surface area contributed by atoms with Crippen LogP contribution in [0.25, 0.3) is 22.4 Å². The number of H-pyrrole nitrogens is 1. The summed E-state index contributed by atoms with van der Waals surface area (Å²) in [6, 6.07) is 5.42. The monoisotopic (exact) mass is 254 g/mol. The average molecular weight is 254 g/mol. The molecule has 1 N–H and O–H groups in total. The van der Waals surface area contributed by atoms with E-state index in [4.69, 9.17) is 4.42 Å². The van der Waals surface area contributed by atoms with Crippen molar-refractivity contribution in [3.05, 3.63) is 41.4 Å². The Bertz CT molecular complexity index is 783. The number of rotatable bonds is 3. The molecular weight excluding hydrogens is 244 g/mol. The molecule has 2 heterocycles. The summed E-state index contributed by atoms with van der Waals surface area (Å²) >= 11 is 0. The summed E-state index contributed by atoms with van der Waals surface area (Å²) in [4.78, 5) is 29.1. The molecule has 0 spiro atoms. The third-order valence-corrected chi connectivity index (χ3v) is 3.19. The van der Waals surface area contributed by atoms with Gasteiger partial charge in [-0.1, -0.05) is 6.07 Å². The van der Waals surface area contributed by atoms with Crippen LogP contribution in [0.3, 0.4) is 0 Å². The van der Waals surface area contributed by atoms with E-state index in [-0.39, 0.29) is 0 Å². The molecule has 0 bridgehead atoms. The zero-order valence-electron chi connectivity index (χ0n) is 10.1. The first kappa shape index (κ1) is 11.4. The van der Waals surface area contributed by atoms with Crippen LogP contribution in [-0.4, -0.2) is 22.5 Å². The van der Waals surface area contributed by atoms with Crippen molar-refractivity contribution in [3.63, 3.8) is 0 Å². The highest BCUT2D eigenvalue weighted by Crippen LogP contribution is 2.28. The molecule has 0 aliphatic carbocycles. The van der Waals surface area contributed by atoms with Crippen LogP contribution in [0.4, 0.5) is 0 Å². The first-order valence-electron chi connectivity index (χ1n) is 5.71. The van der Waals surface area contributed by atoms with E-state index >= 15 is 0 Å². The number of hydrogen-bond acceptors (Lipinski definition) is 4. The van der Waals surface area contributed by atoms with Gasteiger partial charge in [-0.15, -0.1) is 0 Å². The number of oxazole rings is 1. The third-order valence-electron chi connectivity index (χ3n) is 3.19. The molecule has 0 amide bonds. The van der Waals surface area contributed by atoms with Gasteiger partial charge in [0.25, 0.3) is 0 Å². The Balaban J connectivity index is 2.25. The molecule has 0 radical (unpaired) electrons. The molecule has 0 aliphatic rings. The van der Waals surface area contributed by atoms with Crippen LogP contribution in [0.2, 0.25) is 0 Å². The number of benzene rings is 1. The van der Waals surface area contributed by atoms with Gasteiger partial charge in [-0.3, -0.25) is 9.59 Å². The van der Waals surface area contributed by atoms with Crippen LogP contribution >= 0.6 is 0 Å². The molecule has 0 atom stereocenters. The lowest BCUT2D eigenvalue weighted by Gasteiger charge is -1.99. The number of fused-ring (bicyclic) bond motifs is 1.